The number of aryl methyl sites for hydroxylation is 1. The molecule has 0 radical (unpaired) electrons. The van der Waals surface area contributed by atoms with Gasteiger partial charge < -0.3 is 15.4 Å². The molecule has 0 spiro atoms. The number of carbonyl (C=O) groups excluding carboxylic acids is 2. The average Bonchev–Trinajstić information content (AvgIpc) is 3.29. The molecule has 1 aliphatic heterocycles. The van der Waals surface area contributed by atoms with Gasteiger partial charge in [-0.3, -0.25) is 9.59 Å². The fraction of sp³-hybridized carbons (Fsp3) is 0.320. The second-order valence-corrected chi connectivity index (χ2v) is 8.23. The molecule has 1 atom stereocenters. The first-order valence-corrected chi connectivity index (χ1v) is 10.9. The van der Waals surface area contributed by atoms with Gasteiger partial charge in [0.05, 0.1) is 19.2 Å². The Balaban J connectivity index is 1.55. The first-order chi connectivity index (χ1) is 15.4. The van der Waals surface area contributed by atoms with E-state index in [1.807, 2.05) is 55.5 Å². The number of benzene rings is 2. The molecule has 2 N–H and O–H groups in total. The number of aromatic nitrogens is 2. The molecule has 1 unspecified atom stereocenters. The molecule has 0 fully saturated rings. The highest BCUT2D eigenvalue weighted by Crippen LogP contribution is 2.39. The Labute approximate surface area is 187 Å². The quantitative estimate of drug-likeness (QED) is 0.563. The van der Waals surface area contributed by atoms with E-state index >= 15 is 0 Å². The summed E-state index contributed by atoms with van der Waals surface area (Å²) in [6, 6.07) is 14.8. The zero-order valence-electron chi connectivity index (χ0n) is 18.8. The van der Waals surface area contributed by atoms with Gasteiger partial charge in [0, 0.05) is 11.3 Å². The molecule has 0 bridgehead atoms. The maximum atomic E-state index is 12.7. The van der Waals surface area contributed by atoms with E-state index in [0.29, 0.717) is 23.8 Å². The van der Waals surface area contributed by atoms with E-state index in [1.165, 1.54) is 5.56 Å². The van der Waals surface area contributed by atoms with Gasteiger partial charge in [-0.25, -0.2) is 4.68 Å². The number of carbonyl (C=O) groups is 2. The normalized spacial score (nSPS) is 14.9. The molecule has 4 rings (SSSR count). The van der Waals surface area contributed by atoms with Gasteiger partial charge in [-0.15, -0.1) is 0 Å². The molecule has 0 saturated carbocycles. The number of fused-ring (bicyclic) bond motifs is 1. The highest BCUT2D eigenvalue weighted by atomic mass is 16.5. The van der Waals surface area contributed by atoms with Crippen molar-refractivity contribution < 1.29 is 14.3 Å². The summed E-state index contributed by atoms with van der Waals surface area (Å²) >= 11 is 0. The van der Waals surface area contributed by atoms with Gasteiger partial charge in [-0.1, -0.05) is 45.0 Å². The Hall–Kier alpha value is -3.61. The van der Waals surface area contributed by atoms with Crippen LogP contribution in [0.1, 0.15) is 50.4 Å². The molecule has 7 heteroatoms. The monoisotopic (exact) mass is 432 g/mol. The van der Waals surface area contributed by atoms with Crippen LogP contribution in [0.15, 0.2) is 48.5 Å². The van der Waals surface area contributed by atoms with Crippen LogP contribution in [0.25, 0.3) is 11.1 Å². The molecule has 2 heterocycles. The van der Waals surface area contributed by atoms with Crippen LogP contribution in [0.5, 0.6) is 5.75 Å². The third-order valence-corrected chi connectivity index (χ3v) is 5.78. The summed E-state index contributed by atoms with van der Waals surface area (Å²) in [5.74, 6) is 1.37. The molecule has 0 saturated heterocycles. The molecule has 3 aromatic rings. The molecule has 166 valence electrons. The van der Waals surface area contributed by atoms with E-state index in [1.54, 1.807) is 11.8 Å². The molecule has 7 nitrogen and oxygen atoms in total. The topological polar surface area (TPSA) is 85.2 Å². The van der Waals surface area contributed by atoms with Crippen LogP contribution >= 0.6 is 0 Å². The number of anilines is 2. The van der Waals surface area contributed by atoms with Gasteiger partial charge >= 0.3 is 0 Å². The lowest BCUT2D eigenvalue weighted by atomic mass is 10.0. The minimum atomic E-state index is -0.683. The largest absolute Gasteiger partial charge is 0.497 e. The molecule has 32 heavy (non-hydrogen) atoms. The zero-order valence-corrected chi connectivity index (χ0v) is 18.8. The average molecular weight is 433 g/mol. The van der Waals surface area contributed by atoms with Crippen molar-refractivity contribution in [1.29, 1.82) is 0 Å². The van der Waals surface area contributed by atoms with Crippen LogP contribution in [0.3, 0.4) is 0 Å². The van der Waals surface area contributed by atoms with Crippen LogP contribution in [-0.4, -0.2) is 28.7 Å². The van der Waals surface area contributed by atoms with E-state index < -0.39 is 6.04 Å². The SMILES string of the molecule is CCc1nn2c(c1-c1ccc(OC)cc1)NC(=O)C2CC(=O)Nc1ccc(C(C)C)cc1. The van der Waals surface area contributed by atoms with Gasteiger partial charge in [0.2, 0.25) is 5.91 Å². The fourth-order valence-corrected chi connectivity index (χ4v) is 3.96. The minimum Gasteiger partial charge on any atom is -0.497 e. The summed E-state index contributed by atoms with van der Waals surface area (Å²) < 4.78 is 6.90. The van der Waals surface area contributed by atoms with Crippen molar-refractivity contribution >= 4 is 23.3 Å². The number of hydrogen-bond donors (Lipinski definition) is 2. The van der Waals surface area contributed by atoms with Crippen LogP contribution < -0.4 is 15.4 Å². The Bertz CT molecular complexity index is 1130. The molecule has 1 aromatic heterocycles. The van der Waals surface area contributed by atoms with Gasteiger partial charge in [-0.2, -0.15) is 5.10 Å². The van der Waals surface area contributed by atoms with Crippen molar-refractivity contribution in [2.45, 2.75) is 45.6 Å². The summed E-state index contributed by atoms with van der Waals surface area (Å²) in [6.07, 6.45) is 0.718. The first-order valence-electron chi connectivity index (χ1n) is 10.9. The highest BCUT2D eigenvalue weighted by molar-refractivity contribution is 6.04. The van der Waals surface area contributed by atoms with Crippen molar-refractivity contribution in [3.05, 3.63) is 59.8 Å². The van der Waals surface area contributed by atoms with Crippen molar-refractivity contribution in [3.8, 4) is 16.9 Å². The second-order valence-electron chi connectivity index (χ2n) is 8.23. The molecular formula is C25H28N4O3. The number of amides is 2. The van der Waals surface area contributed by atoms with E-state index in [0.717, 1.165) is 22.6 Å². The molecule has 2 aromatic carbocycles. The lowest BCUT2D eigenvalue weighted by Gasteiger charge is -2.11. The Morgan fingerprint density at radius 3 is 2.44 bits per heavy atom. The maximum Gasteiger partial charge on any atom is 0.251 e. The number of hydrogen-bond acceptors (Lipinski definition) is 4. The van der Waals surface area contributed by atoms with Crippen LogP contribution in [0, 0.1) is 0 Å². The number of ether oxygens (including phenoxy) is 1. The molecule has 2 amide bonds. The highest BCUT2D eigenvalue weighted by Gasteiger charge is 2.36. The summed E-state index contributed by atoms with van der Waals surface area (Å²) in [5.41, 5.74) is 4.62. The standard InChI is InChI=1S/C25H28N4O3/c1-5-20-23(17-8-12-19(32-4)13-9-17)24-27-25(31)21(29(24)28-20)14-22(30)26-18-10-6-16(7-11-18)15(2)3/h6-13,15,21H,5,14H2,1-4H3,(H,26,30)(H,27,31). The predicted octanol–water partition coefficient (Wildman–Crippen LogP) is 4.77. The molecular weight excluding hydrogens is 404 g/mol. The van der Waals surface area contributed by atoms with Crippen LogP contribution in [0.2, 0.25) is 0 Å². The van der Waals surface area contributed by atoms with Crippen molar-refractivity contribution in [2.75, 3.05) is 17.7 Å². The number of rotatable bonds is 7. The summed E-state index contributed by atoms with van der Waals surface area (Å²) in [4.78, 5) is 25.4. The van der Waals surface area contributed by atoms with Crippen molar-refractivity contribution in [2.24, 2.45) is 0 Å². The molecule has 0 aliphatic carbocycles. The summed E-state index contributed by atoms with van der Waals surface area (Å²) in [7, 11) is 1.62. The summed E-state index contributed by atoms with van der Waals surface area (Å²) in [6.45, 7) is 6.27. The third-order valence-electron chi connectivity index (χ3n) is 5.78. The Kier molecular flexibility index (Phi) is 5.99. The first kappa shape index (κ1) is 21.6. The minimum absolute atomic E-state index is 0.0116. The van der Waals surface area contributed by atoms with Gasteiger partial charge in [0.25, 0.3) is 5.91 Å². The van der Waals surface area contributed by atoms with Crippen LogP contribution in [-0.2, 0) is 16.0 Å². The predicted molar refractivity (Wildman–Crippen MR) is 125 cm³/mol. The molecule has 1 aliphatic rings. The van der Waals surface area contributed by atoms with Gasteiger partial charge in [0.1, 0.15) is 17.6 Å². The number of nitrogens with one attached hydrogen (secondary N) is 2. The third kappa shape index (κ3) is 4.10. The fourth-order valence-electron chi connectivity index (χ4n) is 3.96. The number of methoxy groups -OCH3 is 1. The zero-order chi connectivity index (χ0) is 22.8. The van der Waals surface area contributed by atoms with Gasteiger partial charge in [-0.05, 0) is 47.7 Å². The van der Waals surface area contributed by atoms with E-state index in [-0.39, 0.29) is 18.2 Å². The Morgan fingerprint density at radius 1 is 1.16 bits per heavy atom. The van der Waals surface area contributed by atoms with Crippen molar-refractivity contribution in [3.63, 3.8) is 0 Å². The van der Waals surface area contributed by atoms with Gasteiger partial charge in [0.15, 0.2) is 0 Å². The van der Waals surface area contributed by atoms with Crippen LogP contribution in [0.4, 0.5) is 11.5 Å². The maximum absolute atomic E-state index is 12.7. The van der Waals surface area contributed by atoms with E-state index in [2.05, 4.69) is 29.6 Å². The Morgan fingerprint density at radius 2 is 1.84 bits per heavy atom. The summed E-state index contributed by atoms with van der Waals surface area (Å²) in [5, 5.41) is 10.5. The lowest BCUT2D eigenvalue weighted by Crippen LogP contribution is -2.24. The van der Waals surface area contributed by atoms with E-state index in [9.17, 15) is 9.59 Å². The lowest BCUT2D eigenvalue weighted by molar-refractivity contribution is -0.123. The smallest absolute Gasteiger partial charge is 0.251 e. The van der Waals surface area contributed by atoms with Crippen molar-refractivity contribution in [1.82, 2.24) is 9.78 Å². The number of nitrogens with zero attached hydrogens (tertiary/aromatic N) is 2. The van der Waals surface area contributed by atoms with E-state index in [4.69, 9.17) is 4.74 Å². The second kappa shape index (κ2) is 8.86.